The predicted octanol–water partition coefficient (Wildman–Crippen LogP) is 3.30. The molecule has 3 aromatic rings. The van der Waals surface area contributed by atoms with Gasteiger partial charge < -0.3 is 25.6 Å². The van der Waals surface area contributed by atoms with E-state index in [1.165, 1.54) is 12.4 Å². The summed E-state index contributed by atoms with van der Waals surface area (Å²) in [7, 11) is -1.83. The maximum absolute atomic E-state index is 12.4. The summed E-state index contributed by atoms with van der Waals surface area (Å²) in [4.78, 5) is 15.1. The molecule has 0 bridgehead atoms. The first-order valence-corrected chi connectivity index (χ1v) is 13.5. The Hall–Kier alpha value is -3.51. The molecule has 4 rings (SSSR count). The van der Waals surface area contributed by atoms with Gasteiger partial charge in [0.25, 0.3) is 0 Å². The van der Waals surface area contributed by atoms with Crippen LogP contribution in [0, 0.1) is 0 Å². The number of aromatic nitrogens is 3. The molecule has 36 heavy (non-hydrogen) atoms. The van der Waals surface area contributed by atoms with E-state index in [1.807, 2.05) is 18.2 Å². The molecule has 0 aliphatic carbocycles. The lowest BCUT2D eigenvalue weighted by atomic mass is 10.0. The minimum atomic E-state index is -3.43. The fraction of sp³-hybridized carbons (Fsp3) is 0.375. The van der Waals surface area contributed by atoms with Gasteiger partial charge in [0.05, 0.1) is 23.4 Å². The molecule has 0 atom stereocenters. The zero-order chi connectivity index (χ0) is 25.5. The van der Waals surface area contributed by atoms with Gasteiger partial charge in [-0.1, -0.05) is 12.1 Å². The van der Waals surface area contributed by atoms with Crippen molar-refractivity contribution < 1.29 is 17.5 Å². The number of nitrogens with zero attached hydrogens (tertiary/aromatic N) is 4. The van der Waals surface area contributed by atoms with Crippen molar-refractivity contribution in [3.05, 3.63) is 48.8 Å². The normalized spacial score (nSPS) is 14.5. The molecule has 1 aliphatic heterocycles. The molecular weight excluding hydrogens is 485 g/mol. The number of nitrogens with one attached hydrogen (secondary N) is 3. The SMILES string of the molecule is COc1cc(N2CCC(NCCF)CC2)ccc1Nc1ncnc(Nc2ccccc2S(C)(=O)=O)n1. The number of hydrogen-bond acceptors (Lipinski definition) is 10. The third kappa shape index (κ3) is 6.38. The highest BCUT2D eigenvalue weighted by molar-refractivity contribution is 7.90. The number of ether oxygens (including phenoxy) is 1. The second-order valence-electron chi connectivity index (χ2n) is 8.44. The second kappa shape index (κ2) is 11.5. The number of anilines is 5. The third-order valence-corrected chi connectivity index (χ3v) is 7.08. The Balaban J connectivity index is 1.46. The van der Waals surface area contributed by atoms with Gasteiger partial charge in [0.2, 0.25) is 11.9 Å². The monoisotopic (exact) mass is 515 g/mol. The topological polar surface area (TPSA) is 121 Å². The first kappa shape index (κ1) is 25.6. The first-order valence-electron chi connectivity index (χ1n) is 11.6. The Labute approximate surface area is 210 Å². The molecule has 192 valence electrons. The van der Waals surface area contributed by atoms with Gasteiger partial charge in [0, 0.05) is 43.7 Å². The van der Waals surface area contributed by atoms with Crippen LogP contribution in [0.25, 0.3) is 0 Å². The molecule has 12 heteroatoms. The minimum Gasteiger partial charge on any atom is -0.494 e. The summed E-state index contributed by atoms with van der Waals surface area (Å²) in [6.45, 7) is 1.80. The van der Waals surface area contributed by atoms with Crippen molar-refractivity contribution >= 4 is 38.8 Å². The quantitative estimate of drug-likeness (QED) is 0.371. The molecular formula is C24H30FN7O3S. The number of methoxy groups -OCH3 is 1. The summed E-state index contributed by atoms with van der Waals surface area (Å²) in [6.07, 6.45) is 4.38. The number of alkyl halides is 1. The number of sulfone groups is 1. The van der Waals surface area contributed by atoms with E-state index < -0.39 is 9.84 Å². The molecule has 2 aromatic carbocycles. The fourth-order valence-corrected chi connectivity index (χ4v) is 4.98. The molecule has 0 unspecified atom stereocenters. The van der Waals surface area contributed by atoms with Gasteiger partial charge in [0.1, 0.15) is 18.8 Å². The number of para-hydroxylation sites is 1. The van der Waals surface area contributed by atoms with Crippen LogP contribution in [0.1, 0.15) is 12.8 Å². The second-order valence-corrected chi connectivity index (χ2v) is 10.4. The largest absolute Gasteiger partial charge is 0.494 e. The highest BCUT2D eigenvalue weighted by atomic mass is 32.2. The summed E-state index contributed by atoms with van der Waals surface area (Å²) < 4.78 is 42.2. The van der Waals surface area contributed by atoms with Crippen LogP contribution in [0.4, 0.5) is 33.3 Å². The van der Waals surface area contributed by atoms with Gasteiger partial charge in [-0.25, -0.2) is 22.8 Å². The number of halogens is 1. The van der Waals surface area contributed by atoms with Crippen LogP contribution in [-0.2, 0) is 9.84 Å². The van der Waals surface area contributed by atoms with Crippen molar-refractivity contribution in [2.75, 3.05) is 55.2 Å². The van der Waals surface area contributed by atoms with Crippen LogP contribution >= 0.6 is 0 Å². The van der Waals surface area contributed by atoms with Crippen molar-refractivity contribution in [2.24, 2.45) is 0 Å². The molecule has 10 nitrogen and oxygen atoms in total. The van der Waals surface area contributed by atoms with E-state index in [4.69, 9.17) is 4.74 Å². The third-order valence-electron chi connectivity index (χ3n) is 5.92. The Morgan fingerprint density at radius 2 is 1.75 bits per heavy atom. The Morgan fingerprint density at radius 1 is 1.06 bits per heavy atom. The van der Waals surface area contributed by atoms with Gasteiger partial charge in [0.15, 0.2) is 9.84 Å². The van der Waals surface area contributed by atoms with Gasteiger partial charge in [-0.2, -0.15) is 4.98 Å². The van der Waals surface area contributed by atoms with E-state index in [2.05, 4.69) is 35.8 Å². The Kier molecular flexibility index (Phi) is 8.16. The standard InChI is InChI=1S/C24H30FN7O3S/c1-35-21-15-18(32-13-9-17(10-14-32)26-12-11-25)7-8-19(21)29-23-27-16-28-24(31-23)30-20-5-3-4-6-22(20)36(2,33)34/h3-8,15-17,26H,9-14H2,1-2H3,(H2,27,28,29,30,31). The number of rotatable bonds is 10. The van der Waals surface area contributed by atoms with Gasteiger partial charge in [-0.15, -0.1) is 0 Å². The number of hydrogen-bond donors (Lipinski definition) is 3. The molecule has 2 heterocycles. The lowest BCUT2D eigenvalue weighted by Gasteiger charge is -2.34. The smallest absolute Gasteiger partial charge is 0.232 e. The first-order chi connectivity index (χ1) is 17.4. The van der Waals surface area contributed by atoms with E-state index in [9.17, 15) is 12.8 Å². The highest BCUT2D eigenvalue weighted by Gasteiger charge is 2.20. The van der Waals surface area contributed by atoms with Crippen molar-refractivity contribution in [1.29, 1.82) is 0 Å². The average Bonchev–Trinajstić information content (AvgIpc) is 2.88. The maximum Gasteiger partial charge on any atom is 0.232 e. The molecule has 0 radical (unpaired) electrons. The van der Waals surface area contributed by atoms with Gasteiger partial charge in [-0.05, 0) is 37.1 Å². The van der Waals surface area contributed by atoms with Crippen molar-refractivity contribution in [1.82, 2.24) is 20.3 Å². The zero-order valence-electron chi connectivity index (χ0n) is 20.2. The molecule has 1 fully saturated rings. The summed E-state index contributed by atoms with van der Waals surface area (Å²) in [5.41, 5.74) is 2.09. The van der Waals surface area contributed by atoms with Crippen LogP contribution in [0.15, 0.2) is 53.7 Å². The van der Waals surface area contributed by atoms with Crippen molar-refractivity contribution in [2.45, 2.75) is 23.8 Å². The van der Waals surface area contributed by atoms with Crippen LogP contribution in [0.2, 0.25) is 0 Å². The number of piperidine rings is 1. The lowest BCUT2D eigenvalue weighted by Crippen LogP contribution is -2.43. The molecule has 3 N–H and O–H groups in total. The lowest BCUT2D eigenvalue weighted by molar-refractivity contribution is 0.382. The molecule has 1 aliphatic rings. The van der Waals surface area contributed by atoms with Crippen LogP contribution in [0.5, 0.6) is 5.75 Å². The van der Waals surface area contributed by atoms with E-state index in [-0.39, 0.29) is 23.5 Å². The molecule has 1 saturated heterocycles. The Bertz CT molecular complexity index is 1280. The molecule has 0 spiro atoms. The van der Waals surface area contributed by atoms with Crippen molar-refractivity contribution in [3.63, 3.8) is 0 Å². The molecule has 0 saturated carbocycles. The average molecular weight is 516 g/mol. The Morgan fingerprint density at radius 3 is 2.42 bits per heavy atom. The van der Waals surface area contributed by atoms with Crippen molar-refractivity contribution in [3.8, 4) is 5.75 Å². The fourth-order valence-electron chi connectivity index (χ4n) is 4.13. The van der Waals surface area contributed by atoms with E-state index in [0.29, 0.717) is 29.7 Å². The summed E-state index contributed by atoms with van der Waals surface area (Å²) in [6, 6.07) is 12.8. The summed E-state index contributed by atoms with van der Waals surface area (Å²) in [5, 5.41) is 9.34. The maximum atomic E-state index is 12.4. The van der Waals surface area contributed by atoms with Crippen LogP contribution in [0.3, 0.4) is 0 Å². The number of benzene rings is 2. The summed E-state index contributed by atoms with van der Waals surface area (Å²) >= 11 is 0. The van der Waals surface area contributed by atoms with Gasteiger partial charge >= 0.3 is 0 Å². The highest BCUT2D eigenvalue weighted by Crippen LogP contribution is 2.33. The summed E-state index contributed by atoms with van der Waals surface area (Å²) in [5.74, 6) is 1.10. The van der Waals surface area contributed by atoms with E-state index in [0.717, 1.165) is 37.9 Å². The van der Waals surface area contributed by atoms with Gasteiger partial charge in [-0.3, -0.25) is 0 Å². The van der Waals surface area contributed by atoms with Crippen LogP contribution < -0.4 is 25.6 Å². The minimum absolute atomic E-state index is 0.152. The van der Waals surface area contributed by atoms with E-state index >= 15 is 0 Å². The van der Waals surface area contributed by atoms with E-state index in [1.54, 1.807) is 25.3 Å². The van der Waals surface area contributed by atoms with Crippen LogP contribution in [-0.4, -0.2) is 69.1 Å². The predicted molar refractivity (Wildman–Crippen MR) is 138 cm³/mol. The molecule has 0 amide bonds. The zero-order valence-corrected chi connectivity index (χ0v) is 21.1. The molecule has 1 aromatic heterocycles.